The highest BCUT2D eigenvalue weighted by atomic mass is 16.5. The van der Waals surface area contributed by atoms with E-state index >= 15 is 0 Å². The van der Waals surface area contributed by atoms with E-state index in [0.717, 1.165) is 28.4 Å². The molecule has 0 saturated heterocycles. The number of nitrogens with zero attached hydrogens (tertiary/aromatic N) is 2. The minimum atomic E-state index is -0.168. The van der Waals surface area contributed by atoms with Crippen LogP contribution >= 0.6 is 0 Å². The summed E-state index contributed by atoms with van der Waals surface area (Å²) < 4.78 is 12.0. The van der Waals surface area contributed by atoms with Gasteiger partial charge in [0.2, 0.25) is 0 Å². The average molecular weight is 413 g/mol. The van der Waals surface area contributed by atoms with E-state index in [9.17, 15) is 4.79 Å². The largest absolute Gasteiger partial charge is 0.497 e. The van der Waals surface area contributed by atoms with Gasteiger partial charge in [0.25, 0.3) is 5.56 Å². The molecular formula is C25H23N3O3. The molecule has 0 atom stereocenters. The Kier molecular flexibility index (Phi) is 5.71. The van der Waals surface area contributed by atoms with E-state index < -0.39 is 0 Å². The summed E-state index contributed by atoms with van der Waals surface area (Å²) >= 11 is 0. The van der Waals surface area contributed by atoms with Crippen molar-refractivity contribution in [2.24, 2.45) is 4.99 Å². The number of hydrogen-bond acceptors (Lipinski definition) is 4. The van der Waals surface area contributed by atoms with E-state index in [-0.39, 0.29) is 5.56 Å². The highest BCUT2D eigenvalue weighted by Crippen LogP contribution is 2.24. The molecule has 0 aliphatic carbocycles. The molecule has 4 rings (SSSR count). The molecule has 0 bridgehead atoms. The molecule has 6 heteroatoms. The maximum atomic E-state index is 13.4. The van der Waals surface area contributed by atoms with Crippen LogP contribution in [0.25, 0.3) is 16.9 Å². The summed E-state index contributed by atoms with van der Waals surface area (Å²) in [5, 5.41) is 3.27. The van der Waals surface area contributed by atoms with Gasteiger partial charge in [-0.3, -0.25) is 14.9 Å². The first-order valence-electron chi connectivity index (χ1n) is 9.85. The Morgan fingerprint density at radius 3 is 2.00 bits per heavy atom. The number of aromatic amines is 1. The summed E-state index contributed by atoms with van der Waals surface area (Å²) in [6, 6.07) is 24.5. The second-order valence-electron chi connectivity index (χ2n) is 6.96. The molecule has 0 aliphatic rings. The van der Waals surface area contributed by atoms with Crippen molar-refractivity contribution in [1.29, 1.82) is 0 Å². The summed E-state index contributed by atoms with van der Waals surface area (Å²) in [6.07, 6.45) is 0. The molecule has 4 aromatic rings. The number of nitrogens with one attached hydrogen (secondary N) is 1. The van der Waals surface area contributed by atoms with Gasteiger partial charge in [0.1, 0.15) is 11.5 Å². The Balaban J connectivity index is 1.85. The lowest BCUT2D eigenvalue weighted by Gasteiger charge is -2.04. The Hall–Kier alpha value is -4.06. The van der Waals surface area contributed by atoms with E-state index in [2.05, 4.69) is 5.10 Å². The fraction of sp³-hybridized carbons (Fsp3) is 0.120. The van der Waals surface area contributed by atoms with Crippen LogP contribution in [0.4, 0.5) is 5.69 Å². The van der Waals surface area contributed by atoms with Gasteiger partial charge in [0, 0.05) is 5.56 Å². The van der Waals surface area contributed by atoms with Gasteiger partial charge in [0.05, 0.1) is 42.6 Å². The summed E-state index contributed by atoms with van der Waals surface area (Å²) in [4.78, 5) is 18.1. The average Bonchev–Trinajstić information content (AvgIpc) is 3.17. The number of ether oxygens (including phenoxy) is 2. The highest BCUT2D eigenvalue weighted by Gasteiger charge is 2.19. The Bertz CT molecular complexity index is 1250. The third kappa shape index (κ3) is 4.14. The van der Waals surface area contributed by atoms with Gasteiger partial charge in [-0.2, -0.15) is 0 Å². The predicted octanol–water partition coefficient (Wildman–Crippen LogP) is 4.99. The summed E-state index contributed by atoms with van der Waals surface area (Å²) in [7, 11) is 3.23. The van der Waals surface area contributed by atoms with Crippen molar-refractivity contribution in [3.05, 3.63) is 94.8 Å². The zero-order chi connectivity index (χ0) is 21.8. The number of H-pyrrole nitrogens is 1. The Morgan fingerprint density at radius 1 is 0.839 bits per heavy atom. The van der Waals surface area contributed by atoms with Crippen LogP contribution in [0, 0.1) is 0 Å². The molecule has 0 spiro atoms. The zero-order valence-corrected chi connectivity index (χ0v) is 17.6. The van der Waals surface area contributed by atoms with Gasteiger partial charge in [-0.05, 0) is 55.5 Å². The Morgan fingerprint density at radius 2 is 1.42 bits per heavy atom. The number of hydrogen-bond donors (Lipinski definition) is 1. The van der Waals surface area contributed by atoms with Crippen LogP contribution in [-0.2, 0) is 0 Å². The van der Waals surface area contributed by atoms with Crippen molar-refractivity contribution in [1.82, 2.24) is 9.78 Å². The topological polar surface area (TPSA) is 68.6 Å². The van der Waals surface area contributed by atoms with Crippen LogP contribution in [0.1, 0.15) is 12.5 Å². The van der Waals surface area contributed by atoms with Crippen LogP contribution in [0.15, 0.2) is 88.6 Å². The molecule has 156 valence electrons. The first kappa shape index (κ1) is 20.2. The molecule has 0 amide bonds. The van der Waals surface area contributed by atoms with Crippen LogP contribution in [0.2, 0.25) is 0 Å². The van der Waals surface area contributed by atoms with Gasteiger partial charge >= 0.3 is 0 Å². The van der Waals surface area contributed by atoms with Crippen molar-refractivity contribution < 1.29 is 9.47 Å². The zero-order valence-electron chi connectivity index (χ0n) is 17.6. The molecule has 0 aliphatic heterocycles. The minimum Gasteiger partial charge on any atom is -0.497 e. The van der Waals surface area contributed by atoms with E-state index in [1.165, 1.54) is 4.68 Å². The molecule has 0 saturated carbocycles. The van der Waals surface area contributed by atoms with Crippen molar-refractivity contribution >= 4 is 11.4 Å². The Labute approximate surface area is 180 Å². The maximum Gasteiger partial charge on any atom is 0.280 e. The third-order valence-corrected chi connectivity index (χ3v) is 5.01. The van der Waals surface area contributed by atoms with Crippen molar-refractivity contribution in [2.45, 2.75) is 6.92 Å². The maximum absolute atomic E-state index is 13.4. The predicted molar refractivity (Wildman–Crippen MR) is 123 cm³/mol. The van der Waals surface area contributed by atoms with Gasteiger partial charge in [0.15, 0.2) is 0 Å². The normalized spacial score (nSPS) is 11.4. The highest BCUT2D eigenvalue weighted by molar-refractivity contribution is 6.04. The van der Waals surface area contributed by atoms with Crippen molar-refractivity contribution in [2.75, 3.05) is 14.2 Å². The number of rotatable bonds is 6. The minimum absolute atomic E-state index is 0.168. The molecular weight excluding hydrogens is 390 g/mol. The van der Waals surface area contributed by atoms with Crippen LogP contribution in [0.5, 0.6) is 11.5 Å². The quantitative estimate of drug-likeness (QED) is 0.453. The summed E-state index contributed by atoms with van der Waals surface area (Å²) in [5.74, 6) is 1.48. The number of methoxy groups -OCH3 is 2. The SMILES string of the molecule is COc1ccc(N=C(C)c2c(-c3ccccc3)[nH]n(-c3ccc(OC)cc3)c2=O)cc1. The molecule has 0 unspecified atom stereocenters. The third-order valence-electron chi connectivity index (χ3n) is 5.01. The standard InChI is InChI=1S/C25H23N3O3/c1-17(26-19-9-13-21(30-2)14-10-19)23-24(18-7-5-4-6-8-18)27-28(25(23)29)20-11-15-22(31-3)16-12-20/h4-16,27H,1-3H3. The monoisotopic (exact) mass is 413 g/mol. The number of benzene rings is 3. The van der Waals surface area contributed by atoms with Crippen LogP contribution in [-0.4, -0.2) is 29.7 Å². The lowest BCUT2D eigenvalue weighted by molar-refractivity contribution is 0.414. The number of aliphatic imine (C=N–C) groups is 1. The van der Waals surface area contributed by atoms with Crippen LogP contribution < -0.4 is 15.0 Å². The van der Waals surface area contributed by atoms with Crippen molar-refractivity contribution in [3.8, 4) is 28.4 Å². The van der Waals surface area contributed by atoms with Crippen molar-refractivity contribution in [3.63, 3.8) is 0 Å². The van der Waals surface area contributed by atoms with Gasteiger partial charge in [-0.1, -0.05) is 30.3 Å². The molecule has 0 radical (unpaired) electrons. The van der Waals surface area contributed by atoms with Crippen LogP contribution in [0.3, 0.4) is 0 Å². The van der Waals surface area contributed by atoms with Gasteiger partial charge in [-0.15, -0.1) is 0 Å². The van der Waals surface area contributed by atoms with Gasteiger partial charge < -0.3 is 9.47 Å². The van der Waals surface area contributed by atoms with Gasteiger partial charge in [-0.25, -0.2) is 4.68 Å². The summed E-state index contributed by atoms with van der Waals surface area (Å²) in [5.41, 5.74) is 4.07. The second-order valence-corrected chi connectivity index (χ2v) is 6.96. The molecule has 1 heterocycles. The molecule has 1 aromatic heterocycles. The summed E-state index contributed by atoms with van der Waals surface area (Å²) in [6.45, 7) is 1.85. The first-order valence-corrected chi connectivity index (χ1v) is 9.85. The smallest absolute Gasteiger partial charge is 0.280 e. The number of aromatic nitrogens is 2. The first-order chi connectivity index (χ1) is 15.1. The molecule has 31 heavy (non-hydrogen) atoms. The molecule has 0 fully saturated rings. The van der Waals surface area contributed by atoms with E-state index in [0.29, 0.717) is 17.0 Å². The molecule has 3 aromatic carbocycles. The molecule has 1 N–H and O–H groups in total. The lowest BCUT2D eigenvalue weighted by Crippen LogP contribution is -2.19. The fourth-order valence-corrected chi connectivity index (χ4v) is 3.41. The fourth-order valence-electron chi connectivity index (χ4n) is 3.41. The van der Waals surface area contributed by atoms with E-state index in [4.69, 9.17) is 14.5 Å². The second kappa shape index (κ2) is 8.75. The van der Waals surface area contributed by atoms with E-state index in [1.54, 1.807) is 14.2 Å². The lowest BCUT2D eigenvalue weighted by atomic mass is 10.1. The van der Waals surface area contributed by atoms with E-state index in [1.807, 2.05) is 85.8 Å². The molecule has 6 nitrogen and oxygen atoms in total.